The van der Waals surface area contributed by atoms with E-state index in [1.54, 1.807) is 12.3 Å². The summed E-state index contributed by atoms with van der Waals surface area (Å²) in [5.41, 5.74) is 1.06. The molecule has 24 heavy (non-hydrogen) atoms. The maximum Gasteiger partial charge on any atom is 0.124 e. The Morgan fingerprint density at radius 3 is 2.21 bits per heavy atom. The fraction of sp³-hybridized carbons (Fsp3) is 0.650. The van der Waals surface area contributed by atoms with Gasteiger partial charge in [0.05, 0.1) is 6.04 Å². The second-order valence-corrected chi connectivity index (χ2v) is 9.28. The monoisotopic (exact) mass is 331 g/mol. The standard InChI is InChI=1S/C20H31N2O2/c1-18(2,3)15-8-9-17(23)14(10-15)13-21-16-11-19(4,5)22(24)20(6,7)12-16/h8-10,13,16,23H,11-12H2,1-7H3. The molecule has 4 nitrogen and oxygen atoms in total. The third-order valence-corrected chi connectivity index (χ3v) is 4.89. The van der Waals surface area contributed by atoms with Gasteiger partial charge in [-0.2, -0.15) is 0 Å². The minimum atomic E-state index is -0.431. The third kappa shape index (κ3) is 3.98. The summed E-state index contributed by atoms with van der Waals surface area (Å²) in [6.45, 7) is 14.3. The predicted octanol–water partition coefficient (Wildman–Crippen LogP) is 4.48. The molecule has 4 heteroatoms. The number of hydrogen-bond donors (Lipinski definition) is 1. The molecule has 0 saturated carbocycles. The lowest BCUT2D eigenvalue weighted by Crippen LogP contribution is -2.59. The van der Waals surface area contributed by atoms with Crippen LogP contribution >= 0.6 is 0 Å². The molecule has 0 bridgehead atoms. The molecule has 1 N–H and O–H groups in total. The molecule has 0 aliphatic carbocycles. The van der Waals surface area contributed by atoms with Gasteiger partial charge in [0, 0.05) is 22.9 Å². The van der Waals surface area contributed by atoms with E-state index in [4.69, 9.17) is 4.99 Å². The van der Waals surface area contributed by atoms with Crippen molar-refractivity contribution >= 4 is 6.21 Å². The van der Waals surface area contributed by atoms with Gasteiger partial charge in [-0.05, 0) is 63.6 Å². The highest BCUT2D eigenvalue weighted by Gasteiger charge is 2.46. The highest BCUT2D eigenvalue weighted by molar-refractivity contribution is 5.84. The zero-order chi connectivity index (χ0) is 18.3. The lowest BCUT2D eigenvalue weighted by atomic mass is 9.79. The number of piperidine rings is 1. The van der Waals surface area contributed by atoms with Crippen LogP contribution < -0.4 is 0 Å². The minimum Gasteiger partial charge on any atom is -0.507 e. The van der Waals surface area contributed by atoms with Gasteiger partial charge in [0.2, 0.25) is 0 Å². The molecule has 0 aromatic heterocycles. The number of nitrogens with zero attached hydrogens (tertiary/aromatic N) is 2. The first-order chi connectivity index (χ1) is 10.8. The van der Waals surface area contributed by atoms with Crippen LogP contribution in [0.2, 0.25) is 0 Å². The van der Waals surface area contributed by atoms with Gasteiger partial charge in [-0.15, -0.1) is 10.3 Å². The average Bonchev–Trinajstić information content (AvgIpc) is 2.42. The van der Waals surface area contributed by atoms with Crippen LogP contribution in [0.1, 0.15) is 72.4 Å². The van der Waals surface area contributed by atoms with Gasteiger partial charge < -0.3 is 5.11 Å². The SMILES string of the molecule is CC(C)(C)c1ccc(O)c(C=NC2CC(C)(C)N([O])C(C)(C)C2)c1. The van der Waals surface area contributed by atoms with Crippen LogP contribution in [0.25, 0.3) is 0 Å². The Balaban J connectivity index is 2.25. The van der Waals surface area contributed by atoms with Crippen molar-refractivity contribution < 1.29 is 10.3 Å². The van der Waals surface area contributed by atoms with Gasteiger partial charge in [0.15, 0.2) is 0 Å². The van der Waals surface area contributed by atoms with E-state index in [1.165, 1.54) is 5.06 Å². The molecular formula is C20H31N2O2. The van der Waals surface area contributed by atoms with E-state index in [0.29, 0.717) is 0 Å². The Hall–Kier alpha value is -1.39. The molecule has 1 fully saturated rings. The summed E-state index contributed by atoms with van der Waals surface area (Å²) >= 11 is 0. The highest BCUT2D eigenvalue weighted by Crippen LogP contribution is 2.38. The van der Waals surface area contributed by atoms with Gasteiger partial charge in [0.25, 0.3) is 0 Å². The summed E-state index contributed by atoms with van der Waals surface area (Å²) in [6, 6.07) is 5.76. The van der Waals surface area contributed by atoms with E-state index >= 15 is 0 Å². The Morgan fingerprint density at radius 1 is 1.17 bits per heavy atom. The second kappa shape index (κ2) is 6.16. The van der Waals surface area contributed by atoms with Gasteiger partial charge in [-0.3, -0.25) is 4.99 Å². The van der Waals surface area contributed by atoms with Crippen molar-refractivity contribution in [2.24, 2.45) is 4.99 Å². The summed E-state index contributed by atoms with van der Waals surface area (Å²) in [5.74, 6) is 0.242. The van der Waals surface area contributed by atoms with Crippen molar-refractivity contribution in [3.63, 3.8) is 0 Å². The van der Waals surface area contributed by atoms with Crippen molar-refractivity contribution in [3.05, 3.63) is 29.3 Å². The quantitative estimate of drug-likeness (QED) is 0.813. The lowest BCUT2D eigenvalue weighted by Gasteiger charge is -2.48. The minimum absolute atomic E-state index is 0.0220. The summed E-state index contributed by atoms with van der Waals surface area (Å²) in [7, 11) is 0. The van der Waals surface area contributed by atoms with Gasteiger partial charge in [-0.1, -0.05) is 26.8 Å². The summed E-state index contributed by atoms with van der Waals surface area (Å²) in [5, 5.41) is 23.8. The van der Waals surface area contributed by atoms with Crippen molar-refractivity contribution in [1.29, 1.82) is 0 Å². The Morgan fingerprint density at radius 2 is 1.71 bits per heavy atom. The van der Waals surface area contributed by atoms with E-state index < -0.39 is 11.1 Å². The highest BCUT2D eigenvalue weighted by atomic mass is 16.5. The van der Waals surface area contributed by atoms with Crippen LogP contribution in [-0.2, 0) is 10.6 Å². The smallest absolute Gasteiger partial charge is 0.124 e. The number of aromatic hydroxyl groups is 1. The van der Waals surface area contributed by atoms with Crippen LogP contribution in [0, 0.1) is 0 Å². The average molecular weight is 331 g/mol. The maximum atomic E-state index is 12.4. The topological polar surface area (TPSA) is 55.7 Å². The molecule has 0 unspecified atom stereocenters. The zero-order valence-electron chi connectivity index (χ0n) is 16.1. The Labute approximate surface area is 146 Å². The zero-order valence-corrected chi connectivity index (χ0v) is 16.1. The number of aliphatic imine (C=N–C) groups is 1. The van der Waals surface area contributed by atoms with Crippen LogP contribution in [0.5, 0.6) is 5.75 Å². The van der Waals surface area contributed by atoms with Gasteiger partial charge in [-0.25, -0.2) is 0 Å². The van der Waals surface area contributed by atoms with Crippen molar-refractivity contribution in [2.75, 3.05) is 0 Å². The summed E-state index contributed by atoms with van der Waals surface area (Å²) in [4.78, 5) is 4.71. The third-order valence-electron chi connectivity index (χ3n) is 4.89. The number of hydroxylamine groups is 2. The Bertz CT molecular complexity index is 609. The van der Waals surface area contributed by atoms with Gasteiger partial charge >= 0.3 is 0 Å². The first-order valence-electron chi connectivity index (χ1n) is 8.67. The molecule has 0 amide bonds. The predicted molar refractivity (Wildman–Crippen MR) is 98.1 cm³/mol. The first kappa shape index (κ1) is 18.9. The van der Waals surface area contributed by atoms with E-state index in [0.717, 1.165) is 24.0 Å². The van der Waals surface area contributed by atoms with Crippen LogP contribution in [0.15, 0.2) is 23.2 Å². The van der Waals surface area contributed by atoms with Crippen molar-refractivity contribution in [1.82, 2.24) is 5.06 Å². The van der Waals surface area contributed by atoms with Gasteiger partial charge in [0.1, 0.15) is 5.75 Å². The second-order valence-electron chi connectivity index (χ2n) is 9.28. The molecule has 1 heterocycles. The number of benzene rings is 1. The molecule has 133 valence electrons. The molecule has 0 atom stereocenters. The number of phenolic OH excluding ortho intramolecular Hbond substituents is 1. The number of rotatable bonds is 2. The summed E-state index contributed by atoms with van der Waals surface area (Å²) < 4.78 is 0. The van der Waals surface area contributed by atoms with Crippen LogP contribution in [-0.4, -0.2) is 33.5 Å². The summed E-state index contributed by atoms with van der Waals surface area (Å²) in [6.07, 6.45) is 3.20. The number of phenols is 1. The first-order valence-corrected chi connectivity index (χ1v) is 8.67. The molecule has 1 radical (unpaired) electrons. The molecule has 1 aromatic carbocycles. The van der Waals surface area contributed by atoms with E-state index in [1.807, 2.05) is 39.8 Å². The Kier molecular flexibility index (Phi) is 4.86. The van der Waals surface area contributed by atoms with E-state index in [9.17, 15) is 10.3 Å². The van der Waals surface area contributed by atoms with Crippen molar-refractivity contribution in [2.45, 2.75) is 83.8 Å². The molecular weight excluding hydrogens is 300 g/mol. The molecule has 1 aromatic rings. The molecule has 1 aliphatic heterocycles. The normalized spacial score (nSPS) is 22.2. The van der Waals surface area contributed by atoms with Crippen LogP contribution in [0.4, 0.5) is 0 Å². The molecule has 1 saturated heterocycles. The largest absolute Gasteiger partial charge is 0.507 e. The van der Waals surface area contributed by atoms with Crippen molar-refractivity contribution in [3.8, 4) is 5.75 Å². The molecule has 1 aliphatic rings. The van der Waals surface area contributed by atoms with E-state index in [-0.39, 0.29) is 17.2 Å². The molecule has 2 rings (SSSR count). The molecule has 0 spiro atoms. The number of hydrogen-bond acceptors (Lipinski definition) is 3. The fourth-order valence-corrected chi connectivity index (χ4v) is 3.63. The van der Waals surface area contributed by atoms with E-state index in [2.05, 4.69) is 20.8 Å². The lowest BCUT2D eigenvalue weighted by molar-refractivity contribution is -0.288. The maximum absolute atomic E-state index is 12.4. The van der Waals surface area contributed by atoms with Crippen LogP contribution in [0.3, 0.4) is 0 Å². The fourth-order valence-electron chi connectivity index (χ4n) is 3.63.